The molecule has 0 bridgehead atoms. The molecule has 0 amide bonds. The van der Waals surface area contributed by atoms with Crippen molar-refractivity contribution in [3.8, 4) is 0 Å². The second-order valence-electron chi connectivity index (χ2n) is 8.00. The topological polar surface area (TPSA) is 67.1 Å². The van der Waals surface area contributed by atoms with Crippen molar-refractivity contribution in [2.24, 2.45) is 4.99 Å². The Bertz CT molecular complexity index is 868. The fraction of sp³-hybridized carbons (Fsp3) is 0.591. The van der Waals surface area contributed by atoms with Gasteiger partial charge in [-0.15, -0.1) is 10.2 Å². The molecule has 1 fully saturated rings. The van der Waals surface area contributed by atoms with Crippen molar-refractivity contribution in [3.05, 3.63) is 47.5 Å². The highest BCUT2D eigenvalue weighted by atomic mass is 19.4. The zero-order valence-corrected chi connectivity index (χ0v) is 18.2. The number of nitrogens with one attached hydrogen (secondary N) is 2. The van der Waals surface area contributed by atoms with Gasteiger partial charge in [-0.1, -0.05) is 37.5 Å². The number of halogens is 3. The first kappa shape index (κ1) is 23.1. The lowest BCUT2D eigenvalue weighted by molar-refractivity contribution is -0.137. The summed E-state index contributed by atoms with van der Waals surface area (Å²) < 4.78 is 41.9. The molecule has 0 aliphatic heterocycles. The fourth-order valence-corrected chi connectivity index (χ4v) is 4.23. The van der Waals surface area contributed by atoms with Crippen LogP contribution in [0.25, 0.3) is 0 Å². The second-order valence-corrected chi connectivity index (χ2v) is 8.00. The van der Waals surface area contributed by atoms with Crippen LogP contribution in [0.3, 0.4) is 0 Å². The number of alkyl halides is 3. The molecule has 2 N–H and O–H groups in total. The van der Waals surface area contributed by atoms with Crippen LogP contribution in [-0.4, -0.2) is 33.8 Å². The molecule has 31 heavy (non-hydrogen) atoms. The van der Waals surface area contributed by atoms with E-state index in [1.807, 2.05) is 24.5 Å². The SMILES string of the molecule is CCNC(=NCc1nncn1CC)NCC1(c2cccc(C(F)(F)F)c2)CCCCC1. The van der Waals surface area contributed by atoms with Gasteiger partial charge in [-0.05, 0) is 38.3 Å². The molecule has 0 unspecified atom stereocenters. The number of rotatable bonds is 7. The van der Waals surface area contributed by atoms with Gasteiger partial charge in [-0.3, -0.25) is 0 Å². The molecule has 1 aromatic carbocycles. The Balaban J connectivity index is 1.80. The van der Waals surface area contributed by atoms with E-state index < -0.39 is 11.7 Å². The molecule has 1 aliphatic carbocycles. The molecule has 3 rings (SSSR count). The summed E-state index contributed by atoms with van der Waals surface area (Å²) in [5.41, 5.74) is -0.190. The summed E-state index contributed by atoms with van der Waals surface area (Å²) >= 11 is 0. The minimum atomic E-state index is -4.34. The van der Waals surface area contributed by atoms with Crippen molar-refractivity contribution in [2.75, 3.05) is 13.1 Å². The molecule has 1 saturated carbocycles. The van der Waals surface area contributed by atoms with Gasteiger partial charge in [0.25, 0.3) is 0 Å². The summed E-state index contributed by atoms with van der Waals surface area (Å²) in [5.74, 6) is 1.40. The van der Waals surface area contributed by atoms with Crippen molar-refractivity contribution in [3.63, 3.8) is 0 Å². The lowest BCUT2D eigenvalue weighted by atomic mass is 9.69. The minimum Gasteiger partial charge on any atom is -0.357 e. The monoisotopic (exact) mass is 436 g/mol. The third kappa shape index (κ3) is 5.77. The first-order valence-corrected chi connectivity index (χ1v) is 10.9. The highest BCUT2D eigenvalue weighted by Crippen LogP contribution is 2.41. The van der Waals surface area contributed by atoms with Crippen molar-refractivity contribution in [2.45, 2.75) is 70.6 Å². The van der Waals surface area contributed by atoms with E-state index in [4.69, 9.17) is 0 Å². The Hall–Kier alpha value is -2.58. The Labute approximate surface area is 181 Å². The molecule has 0 saturated heterocycles. The summed E-state index contributed by atoms with van der Waals surface area (Å²) in [4.78, 5) is 4.62. The van der Waals surface area contributed by atoms with Gasteiger partial charge in [0.2, 0.25) is 0 Å². The molecule has 170 valence electrons. The van der Waals surface area contributed by atoms with Gasteiger partial charge in [0.1, 0.15) is 12.9 Å². The lowest BCUT2D eigenvalue weighted by Crippen LogP contribution is -2.46. The first-order valence-electron chi connectivity index (χ1n) is 10.9. The Morgan fingerprint density at radius 1 is 1.16 bits per heavy atom. The van der Waals surface area contributed by atoms with Crippen molar-refractivity contribution in [1.82, 2.24) is 25.4 Å². The predicted molar refractivity (Wildman–Crippen MR) is 115 cm³/mol. The highest BCUT2D eigenvalue weighted by molar-refractivity contribution is 5.79. The molecule has 0 radical (unpaired) electrons. The quantitative estimate of drug-likeness (QED) is 0.502. The van der Waals surface area contributed by atoms with Crippen LogP contribution in [0.4, 0.5) is 13.2 Å². The zero-order valence-electron chi connectivity index (χ0n) is 18.2. The number of aryl methyl sites for hydroxylation is 1. The van der Waals surface area contributed by atoms with E-state index in [1.54, 1.807) is 6.33 Å². The molecule has 6 nitrogen and oxygen atoms in total. The largest absolute Gasteiger partial charge is 0.416 e. The number of guanidine groups is 1. The summed E-state index contributed by atoms with van der Waals surface area (Å²) in [6.07, 6.45) is 2.16. The average molecular weight is 437 g/mol. The first-order chi connectivity index (χ1) is 14.9. The van der Waals surface area contributed by atoms with Crippen LogP contribution in [0.5, 0.6) is 0 Å². The third-order valence-corrected chi connectivity index (χ3v) is 5.97. The molecule has 2 aromatic rings. The summed E-state index contributed by atoms with van der Waals surface area (Å²) in [6.45, 7) is 6.35. The van der Waals surface area contributed by atoms with Gasteiger partial charge < -0.3 is 15.2 Å². The second kappa shape index (κ2) is 10.2. The van der Waals surface area contributed by atoms with Crippen LogP contribution in [0.1, 0.15) is 62.9 Å². The number of hydrogen-bond donors (Lipinski definition) is 2. The van der Waals surface area contributed by atoms with Crippen molar-refractivity contribution in [1.29, 1.82) is 0 Å². The molecule has 1 heterocycles. The molecular weight excluding hydrogens is 405 g/mol. The van der Waals surface area contributed by atoms with Crippen LogP contribution in [0, 0.1) is 0 Å². The van der Waals surface area contributed by atoms with Gasteiger partial charge in [-0.25, -0.2) is 4.99 Å². The number of benzene rings is 1. The lowest BCUT2D eigenvalue weighted by Gasteiger charge is -2.38. The number of hydrogen-bond acceptors (Lipinski definition) is 3. The molecular formula is C22H31F3N6. The van der Waals surface area contributed by atoms with E-state index >= 15 is 0 Å². The zero-order chi connectivity index (χ0) is 22.3. The van der Waals surface area contributed by atoms with Crippen LogP contribution in [0.15, 0.2) is 35.6 Å². The minimum absolute atomic E-state index is 0.348. The van der Waals surface area contributed by atoms with Gasteiger partial charge in [-0.2, -0.15) is 13.2 Å². The molecule has 0 spiro atoms. The van der Waals surface area contributed by atoms with E-state index in [-0.39, 0.29) is 5.41 Å². The smallest absolute Gasteiger partial charge is 0.357 e. The third-order valence-electron chi connectivity index (χ3n) is 5.97. The van der Waals surface area contributed by atoms with Crippen LogP contribution in [-0.2, 0) is 24.7 Å². The van der Waals surface area contributed by atoms with Gasteiger partial charge in [0.15, 0.2) is 11.8 Å². The van der Waals surface area contributed by atoms with Gasteiger partial charge >= 0.3 is 6.18 Å². The maximum atomic E-state index is 13.3. The number of aliphatic imine (C=N–C) groups is 1. The summed E-state index contributed by atoms with van der Waals surface area (Å²) in [6, 6.07) is 5.81. The van der Waals surface area contributed by atoms with Gasteiger partial charge in [0, 0.05) is 25.0 Å². The molecule has 1 aromatic heterocycles. The Morgan fingerprint density at radius 2 is 1.94 bits per heavy atom. The van der Waals surface area contributed by atoms with Gasteiger partial charge in [0.05, 0.1) is 5.56 Å². The average Bonchev–Trinajstić information content (AvgIpc) is 3.23. The van der Waals surface area contributed by atoms with E-state index in [0.29, 0.717) is 25.6 Å². The van der Waals surface area contributed by atoms with Crippen molar-refractivity contribution < 1.29 is 13.2 Å². The summed E-state index contributed by atoms with van der Waals surface area (Å²) in [5, 5.41) is 14.6. The van der Waals surface area contributed by atoms with Crippen LogP contribution >= 0.6 is 0 Å². The Kier molecular flexibility index (Phi) is 7.56. The molecule has 1 aliphatic rings. The highest BCUT2D eigenvalue weighted by Gasteiger charge is 2.37. The van der Waals surface area contributed by atoms with Crippen LogP contribution < -0.4 is 10.6 Å². The number of aromatic nitrogens is 3. The molecule has 0 atom stereocenters. The predicted octanol–water partition coefficient (Wildman–Crippen LogP) is 4.27. The van der Waals surface area contributed by atoms with E-state index in [1.165, 1.54) is 12.1 Å². The fourth-order valence-electron chi connectivity index (χ4n) is 4.23. The normalized spacial score (nSPS) is 16.9. The van der Waals surface area contributed by atoms with E-state index in [9.17, 15) is 13.2 Å². The van der Waals surface area contributed by atoms with Crippen molar-refractivity contribution >= 4 is 5.96 Å². The van der Waals surface area contributed by atoms with E-state index in [2.05, 4.69) is 25.8 Å². The summed E-state index contributed by atoms with van der Waals surface area (Å²) in [7, 11) is 0. The number of nitrogens with zero attached hydrogens (tertiary/aromatic N) is 4. The van der Waals surface area contributed by atoms with E-state index in [0.717, 1.165) is 56.1 Å². The standard InChI is InChI=1S/C22H31F3N6/c1-3-26-20(27-14-19-30-29-16-31(19)4-2)28-15-21(11-6-5-7-12-21)17-9-8-10-18(13-17)22(23,24)25/h8-10,13,16H,3-7,11-12,14-15H2,1-2H3,(H2,26,27,28). The van der Waals surface area contributed by atoms with Crippen LogP contribution in [0.2, 0.25) is 0 Å². The Morgan fingerprint density at radius 3 is 2.61 bits per heavy atom. The maximum absolute atomic E-state index is 13.3. The molecule has 9 heteroatoms. The maximum Gasteiger partial charge on any atom is 0.416 e.